The third-order valence-electron chi connectivity index (χ3n) is 5.17. The molecule has 0 bridgehead atoms. The van der Waals surface area contributed by atoms with Crippen LogP contribution in [-0.2, 0) is 0 Å². The van der Waals surface area contributed by atoms with Crippen molar-refractivity contribution >= 4 is 27.5 Å². The fraction of sp³-hybridized carbons (Fsp3) is 0.0435. The monoisotopic (exact) mass is 367 g/mol. The van der Waals surface area contributed by atoms with Crippen LogP contribution in [0.3, 0.4) is 0 Å². The molecule has 0 N–H and O–H groups in total. The van der Waals surface area contributed by atoms with Crippen molar-refractivity contribution in [2.45, 2.75) is 6.17 Å². The zero-order valence-corrected chi connectivity index (χ0v) is 15.0. The zero-order chi connectivity index (χ0) is 19.1. The van der Waals surface area contributed by atoms with Gasteiger partial charge in [-0.1, -0.05) is 48.5 Å². The summed E-state index contributed by atoms with van der Waals surface area (Å²) in [6.07, 6.45) is 3.85. The van der Waals surface area contributed by atoms with Crippen LogP contribution in [-0.4, -0.2) is 14.1 Å². The van der Waals surface area contributed by atoms with Gasteiger partial charge < -0.3 is 9.13 Å². The Bertz CT molecular complexity index is 1240. The van der Waals surface area contributed by atoms with Gasteiger partial charge in [0.1, 0.15) is 6.17 Å². The van der Waals surface area contributed by atoms with Crippen molar-refractivity contribution < 1.29 is 4.92 Å². The molecule has 3 aromatic carbocycles. The third kappa shape index (κ3) is 2.56. The SMILES string of the molecule is O=[N+]([O-])c1cccc(C(n2ccc3ccccc32)n2ccc3ccccc32)c1. The van der Waals surface area contributed by atoms with E-state index >= 15 is 0 Å². The third-order valence-corrected chi connectivity index (χ3v) is 5.17. The molecule has 0 fully saturated rings. The molecule has 0 saturated heterocycles. The summed E-state index contributed by atoms with van der Waals surface area (Å²) in [6, 6.07) is 27.4. The van der Waals surface area contributed by atoms with Crippen molar-refractivity contribution in [2.24, 2.45) is 0 Å². The van der Waals surface area contributed by atoms with Crippen LogP contribution < -0.4 is 0 Å². The van der Waals surface area contributed by atoms with Crippen LogP contribution in [0.4, 0.5) is 5.69 Å². The Kier molecular flexibility index (Phi) is 3.72. The maximum absolute atomic E-state index is 11.4. The molecule has 0 amide bonds. The van der Waals surface area contributed by atoms with Crippen LogP contribution in [0.25, 0.3) is 21.8 Å². The summed E-state index contributed by atoms with van der Waals surface area (Å²) in [5, 5.41) is 13.6. The normalized spacial score (nSPS) is 11.5. The molecule has 0 aliphatic carbocycles. The molecule has 5 heteroatoms. The van der Waals surface area contributed by atoms with Crippen molar-refractivity contribution in [1.82, 2.24) is 9.13 Å². The molecule has 0 unspecified atom stereocenters. The Morgan fingerprint density at radius 1 is 0.714 bits per heavy atom. The molecule has 0 atom stereocenters. The summed E-state index contributed by atoms with van der Waals surface area (Å²) in [7, 11) is 0. The molecule has 136 valence electrons. The van der Waals surface area contributed by atoms with E-state index in [0.29, 0.717) is 0 Å². The van der Waals surface area contributed by atoms with Crippen molar-refractivity contribution in [2.75, 3.05) is 0 Å². The number of hydrogen-bond donors (Lipinski definition) is 0. The Morgan fingerprint density at radius 2 is 1.29 bits per heavy atom. The second-order valence-corrected chi connectivity index (χ2v) is 6.79. The minimum Gasteiger partial charge on any atom is -0.322 e. The summed E-state index contributed by atoms with van der Waals surface area (Å²) >= 11 is 0. The van der Waals surface area contributed by atoms with E-state index in [9.17, 15) is 10.1 Å². The lowest BCUT2D eigenvalue weighted by molar-refractivity contribution is -0.384. The lowest BCUT2D eigenvalue weighted by atomic mass is 10.1. The van der Waals surface area contributed by atoms with Crippen LogP contribution in [0.2, 0.25) is 0 Å². The quantitative estimate of drug-likeness (QED) is 0.307. The first-order chi connectivity index (χ1) is 13.7. The van der Waals surface area contributed by atoms with E-state index in [1.165, 1.54) is 6.07 Å². The summed E-state index contributed by atoms with van der Waals surface area (Å²) < 4.78 is 4.33. The van der Waals surface area contributed by atoms with Gasteiger partial charge in [-0.2, -0.15) is 0 Å². The van der Waals surface area contributed by atoms with Gasteiger partial charge in [-0.25, -0.2) is 0 Å². The van der Waals surface area contributed by atoms with E-state index < -0.39 is 0 Å². The van der Waals surface area contributed by atoms with Gasteiger partial charge in [-0.05, 0) is 35.0 Å². The average Bonchev–Trinajstić information content (AvgIpc) is 3.34. The van der Waals surface area contributed by atoms with Crippen molar-refractivity contribution in [3.63, 3.8) is 0 Å². The van der Waals surface area contributed by atoms with Crippen LogP contribution in [0.1, 0.15) is 11.7 Å². The Morgan fingerprint density at radius 3 is 1.86 bits per heavy atom. The molecular formula is C23H17N3O2. The fourth-order valence-corrected chi connectivity index (χ4v) is 3.89. The number of nitro benzene ring substituents is 1. The lowest BCUT2D eigenvalue weighted by Crippen LogP contribution is -2.18. The van der Waals surface area contributed by atoms with Gasteiger partial charge in [0.2, 0.25) is 0 Å². The van der Waals surface area contributed by atoms with Gasteiger partial charge in [0.25, 0.3) is 5.69 Å². The minimum absolute atomic E-state index is 0.0930. The standard InChI is InChI=1S/C23H17N3O2/c27-26(28)20-9-5-8-19(16-20)23(24-14-12-17-6-1-3-10-21(17)24)25-15-13-18-7-2-4-11-22(18)25/h1-16,23H. The summed E-state index contributed by atoms with van der Waals surface area (Å²) in [4.78, 5) is 11.0. The van der Waals surface area contributed by atoms with Crippen LogP contribution in [0.5, 0.6) is 0 Å². The van der Waals surface area contributed by atoms with E-state index in [-0.39, 0.29) is 16.8 Å². The van der Waals surface area contributed by atoms with Crippen molar-refractivity contribution in [3.05, 3.63) is 113 Å². The smallest absolute Gasteiger partial charge is 0.269 e. The van der Waals surface area contributed by atoms with Crippen molar-refractivity contribution in [3.8, 4) is 0 Å². The lowest BCUT2D eigenvalue weighted by Gasteiger charge is -2.24. The van der Waals surface area contributed by atoms with Gasteiger partial charge in [-0.15, -0.1) is 0 Å². The Balaban J connectivity index is 1.80. The predicted molar refractivity (Wildman–Crippen MR) is 111 cm³/mol. The van der Waals surface area contributed by atoms with Gasteiger partial charge in [0.05, 0.1) is 16.0 Å². The Labute approximate surface area is 161 Å². The van der Waals surface area contributed by atoms with Crippen LogP contribution in [0.15, 0.2) is 97.3 Å². The molecule has 5 nitrogen and oxygen atoms in total. The second kappa shape index (κ2) is 6.39. The largest absolute Gasteiger partial charge is 0.322 e. The van der Waals surface area contributed by atoms with E-state index in [4.69, 9.17) is 0 Å². The zero-order valence-electron chi connectivity index (χ0n) is 15.0. The van der Waals surface area contributed by atoms with E-state index in [0.717, 1.165) is 27.4 Å². The summed E-state index contributed by atoms with van der Waals surface area (Å²) in [5.41, 5.74) is 3.11. The molecule has 0 saturated carbocycles. The molecule has 0 spiro atoms. The summed E-state index contributed by atoms with van der Waals surface area (Å²) in [5.74, 6) is 0. The van der Waals surface area contributed by atoms with Gasteiger partial charge in [0, 0.05) is 30.1 Å². The molecule has 0 radical (unpaired) electrons. The predicted octanol–water partition coefficient (Wildman–Crippen LogP) is 5.60. The van der Waals surface area contributed by atoms with E-state index in [2.05, 4.69) is 45.5 Å². The molecule has 2 aromatic heterocycles. The molecular weight excluding hydrogens is 350 g/mol. The fourth-order valence-electron chi connectivity index (χ4n) is 3.89. The minimum atomic E-state index is -0.345. The maximum atomic E-state index is 11.4. The molecule has 5 rings (SSSR count). The highest BCUT2D eigenvalue weighted by atomic mass is 16.6. The average molecular weight is 367 g/mol. The number of nitro groups is 1. The first-order valence-electron chi connectivity index (χ1n) is 9.08. The highest BCUT2D eigenvalue weighted by molar-refractivity contribution is 5.82. The first-order valence-corrected chi connectivity index (χ1v) is 9.08. The molecule has 5 aromatic rings. The number of para-hydroxylation sites is 2. The number of hydrogen-bond acceptors (Lipinski definition) is 2. The van der Waals surface area contributed by atoms with Gasteiger partial charge in [0.15, 0.2) is 0 Å². The molecule has 0 aliphatic rings. The number of aromatic nitrogens is 2. The van der Waals surface area contributed by atoms with Crippen LogP contribution in [0, 0.1) is 10.1 Å². The number of nitrogens with zero attached hydrogens (tertiary/aromatic N) is 3. The Hall–Kier alpha value is -3.86. The number of rotatable bonds is 4. The van der Waals surface area contributed by atoms with E-state index in [1.807, 2.05) is 42.7 Å². The maximum Gasteiger partial charge on any atom is 0.269 e. The number of benzene rings is 3. The second-order valence-electron chi connectivity index (χ2n) is 6.79. The van der Waals surface area contributed by atoms with Gasteiger partial charge >= 0.3 is 0 Å². The topological polar surface area (TPSA) is 53.0 Å². The number of fused-ring (bicyclic) bond motifs is 2. The van der Waals surface area contributed by atoms with Crippen molar-refractivity contribution in [1.29, 1.82) is 0 Å². The molecule has 2 heterocycles. The summed E-state index contributed by atoms with van der Waals surface area (Å²) in [6.45, 7) is 0. The first kappa shape index (κ1) is 16.3. The highest BCUT2D eigenvalue weighted by Crippen LogP contribution is 2.31. The number of non-ortho nitro benzene ring substituents is 1. The molecule has 28 heavy (non-hydrogen) atoms. The molecule has 0 aliphatic heterocycles. The van der Waals surface area contributed by atoms with E-state index in [1.54, 1.807) is 12.1 Å². The highest BCUT2D eigenvalue weighted by Gasteiger charge is 2.21. The van der Waals surface area contributed by atoms with Gasteiger partial charge in [-0.3, -0.25) is 10.1 Å². The van der Waals surface area contributed by atoms with Crippen LogP contribution >= 0.6 is 0 Å².